The summed E-state index contributed by atoms with van der Waals surface area (Å²) in [6.45, 7) is 0. The Labute approximate surface area is 100 Å². The third-order valence-corrected chi connectivity index (χ3v) is 2.45. The van der Waals surface area contributed by atoms with Crippen LogP contribution in [0, 0.1) is 5.82 Å². The quantitative estimate of drug-likeness (QED) is 0.721. The maximum absolute atomic E-state index is 12.7. The van der Waals surface area contributed by atoms with Crippen LogP contribution >= 0.6 is 0 Å². The highest BCUT2D eigenvalue weighted by Gasteiger charge is 1.91. The molecule has 0 fully saturated rings. The van der Waals surface area contributed by atoms with E-state index in [0.717, 1.165) is 16.9 Å². The second-order valence-electron chi connectivity index (χ2n) is 3.66. The van der Waals surface area contributed by atoms with Crippen LogP contribution in [0.1, 0.15) is 11.1 Å². The molecule has 2 aromatic rings. The molecule has 17 heavy (non-hydrogen) atoms. The molecule has 2 rings (SSSR count). The highest BCUT2D eigenvalue weighted by Crippen LogP contribution is 2.14. The van der Waals surface area contributed by atoms with Crippen molar-refractivity contribution in [3.63, 3.8) is 0 Å². The number of ether oxygens (including phenoxy) is 1. The molecule has 1 nitrogen and oxygen atoms in total. The summed E-state index contributed by atoms with van der Waals surface area (Å²) in [6.07, 6.45) is 3.92. The molecule has 0 spiro atoms. The number of methoxy groups -OCH3 is 1. The largest absolute Gasteiger partial charge is 0.497 e. The van der Waals surface area contributed by atoms with Gasteiger partial charge in [-0.3, -0.25) is 0 Å². The van der Waals surface area contributed by atoms with Gasteiger partial charge in [-0.15, -0.1) is 0 Å². The summed E-state index contributed by atoms with van der Waals surface area (Å²) in [5, 5.41) is 0. The number of hydrogen-bond acceptors (Lipinski definition) is 1. The van der Waals surface area contributed by atoms with Crippen molar-refractivity contribution in [1.29, 1.82) is 0 Å². The van der Waals surface area contributed by atoms with Gasteiger partial charge >= 0.3 is 0 Å². The lowest BCUT2D eigenvalue weighted by Crippen LogP contribution is -1.81. The normalized spacial score (nSPS) is 10.7. The Hall–Kier alpha value is -2.09. The first-order chi connectivity index (χ1) is 8.28. The van der Waals surface area contributed by atoms with Crippen LogP contribution in [0.4, 0.5) is 4.39 Å². The molecule has 0 aromatic heterocycles. The third-order valence-electron chi connectivity index (χ3n) is 2.45. The fourth-order valence-corrected chi connectivity index (χ4v) is 1.48. The lowest BCUT2D eigenvalue weighted by molar-refractivity contribution is 0.415. The van der Waals surface area contributed by atoms with Gasteiger partial charge in [0, 0.05) is 0 Å². The molecule has 2 aromatic carbocycles. The molecule has 0 aliphatic heterocycles. The molecule has 86 valence electrons. The number of rotatable bonds is 3. The summed E-state index contributed by atoms with van der Waals surface area (Å²) in [5.74, 6) is 0.621. The SMILES string of the molecule is COc1ccc(/C=C\c2ccc(F)cc2)cc1. The van der Waals surface area contributed by atoms with Gasteiger partial charge in [-0.25, -0.2) is 4.39 Å². The van der Waals surface area contributed by atoms with Gasteiger partial charge in [-0.2, -0.15) is 0 Å². The second kappa shape index (κ2) is 5.30. The van der Waals surface area contributed by atoms with Gasteiger partial charge in [-0.05, 0) is 35.4 Å². The van der Waals surface area contributed by atoms with Crippen molar-refractivity contribution in [2.75, 3.05) is 7.11 Å². The summed E-state index contributed by atoms with van der Waals surface area (Å²) in [4.78, 5) is 0. The molecule has 0 aliphatic carbocycles. The first-order valence-corrected chi connectivity index (χ1v) is 5.35. The van der Waals surface area contributed by atoms with Crippen LogP contribution in [0.15, 0.2) is 48.5 Å². The molecular weight excluding hydrogens is 215 g/mol. The number of hydrogen-bond donors (Lipinski definition) is 0. The molecular formula is C15H13FO. The highest BCUT2D eigenvalue weighted by atomic mass is 19.1. The summed E-state index contributed by atoms with van der Waals surface area (Å²) in [7, 11) is 1.64. The standard InChI is InChI=1S/C15H13FO/c1-17-15-10-6-13(7-11-15)3-2-12-4-8-14(16)9-5-12/h2-11H,1H3/b3-2-. The lowest BCUT2D eigenvalue weighted by atomic mass is 10.1. The van der Waals surface area contributed by atoms with Gasteiger partial charge in [0.2, 0.25) is 0 Å². The lowest BCUT2D eigenvalue weighted by Gasteiger charge is -1.99. The van der Waals surface area contributed by atoms with Gasteiger partial charge in [-0.1, -0.05) is 36.4 Å². The second-order valence-corrected chi connectivity index (χ2v) is 3.66. The summed E-state index contributed by atoms with van der Waals surface area (Å²) < 4.78 is 17.8. The minimum Gasteiger partial charge on any atom is -0.497 e. The van der Waals surface area contributed by atoms with E-state index in [2.05, 4.69) is 0 Å². The average Bonchev–Trinajstić information content (AvgIpc) is 2.39. The molecule has 0 unspecified atom stereocenters. The molecule has 0 aliphatic rings. The van der Waals surface area contributed by atoms with Gasteiger partial charge < -0.3 is 4.74 Å². The van der Waals surface area contributed by atoms with Crippen LogP contribution in [0.3, 0.4) is 0 Å². The molecule has 0 radical (unpaired) electrons. The van der Waals surface area contributed by atoms with Crippen molar-refractivity contribution in [1.82, 2.24) is 0 Å². The first-order valence-electron chi connectivity index (χ1n) is 5.35. The van der Waals surface area contributed by atoms with Gasteiger partial charge in [0.15, 0.2) is 0 Å². The molecule has 0 N–H and O–H groups in total. The van der Waals surface area contributed by atoms with E-state index < -0.39 is 0 Å². The van der Waals surface area contributed by atoms with Crippen LogP contribution in [-0.4, -0.2) is 7.11 Å². The van der Waals surface area contributed by atoms with Crippen LogP contribution in [-0.2, 0) is 0 Å². The molecule has 0 saturated carbocycles. The summed E-state index contributed by atoms with van der Waals surface area (Å²) in [5.41, 5.74) is 2.05. The zero-order valence-corrected chi connectivity index (χ0v) is 9.56. The van der Waals surface area contributed by atoms with Crippen molar-refractivity contribution >= 4 is 12.2 Å². The van der Waals surface area contributed by atoms with Gasteiger partial charge in [0.1, 0.15) is 11.6 Å². The van der Waals surface area contributed by atoms with Crippen molar-refractivity contribution in [2.24, 2.45) is 0 Å². The maximum atomic E-state index is 12.7. The molecule has 2 heteroatoms. The minimum absolute atomic E-state index is 0.216. The van der Waals surface area contributed by atoms with Crippen LogP contribution in [0.5, 0.6) is 5.75 Å². The van der Waals surface area contributed by atoms with Crippen molar-refractivity contribution in [3.05, 3.63) is 65.5 Å². The fraction of sp³-hybridized carbons (Fsp3) is 0.0667. The Morgan fingerprint density at radius 2 is 1.29 bits per heavy atom. The Balaban J connectivity index is 2.11. The zero-order valence-electron chi connectivity index (χ0n) is 9.56. The molecule has 0 bridgehead atoms. The van der Waals surface area contributed by atoms with Crippen molar-refractivity contribution < 1.29 is 9.13 Å². The van der Waals surface area contributed by atoms with E-state index in [1.54, 1.807) is 19.2 Å². The maximum Gasteiger partial charge on any atom is 0.123 e. The predicted octanol–water partition coefficient (Wildman–Crippen LogP) is 4.00. The van der Waals surface area contributed by atoms with Crippen molar-refractivity contribution in [3.8, 4) is 5.75 Å². The summed E-state index contributed by atoms with van der Waals surface area (Å²) >= 11 is 0. The molecule has 0 heterocycles. The van der Waals surface area contributed by atoms with E-state index in [1.165, 1.54) is 12.1 Å². The predicted molar refractivity (Wildman–Crippen MR) is 68.3 cm³/mol. The van der Waals surface area contributed by atoms with Crippen LogP contribution < -0.4 is 4.74 Å². The summed E-state index contributed by atoms with van der Waals surface area (Å²) in [6, 6.07) is 14.2. The van der Waals surface area contributed by atoms with Gasteiger partial charge in [0.05, 0.1) is 7.11 Å². The van der Waals surface area contributed by atoms with E-state index >= 15 is 0 Å². The van der Waals surface area contributed by atoms with Gasteiger partial charge in [0.25, 0.3) is 0 Å². The Morgan fingerprint density at radius 3 is 1.76 bits per heavy atom. The van der Waals surface area contributed by atoms with E-state index in [1.807, 2.05) is 36.4 Å². The Bertz CT molecular complexity index is 497. The zero-order chi connectivity index (χ0) is 12.1. The average molecular weight is 228 g/mol. The molecule has 0 atom stereocenters. The van der Waals surface area contributed by atoms with E-state index in [-0.39, 0.29) is 5.82 Å². The minimum atomic E-state index is -0.216. The number of benzene rings is 2. The molecule has 0 saturated heterocycles. The Morgan fingerprint density at radius 1 is 0.824 bits per heavy atom. The Kier molecular flexibility index (Phi) is 3.55. The van der Waals surface area contributed by atoms with Crippen LogP contribution in [0.2, 0.25) is 0 Å². The topological polar surface area (TPSA) is 9.23 Å². The smallest absolute Gasteiger partial charge is 0.123 e. The van der Waals surface area contributed by atoms with E-state index in [9.17, 15) is 4.39 Å². The highest BCUT2D eigenvalue weighted by molar-refractivity contribution is 5.69. The number of halogens is 1. The fourth-order valence-electron chi connectivity index (χ4n) is 1.48. The first kappa shape index (κ1) is 11.4. The van der Waals surface area contributed by atoms with E-state index in [0.29, 0.717) is 0 Å². The van der Waals surface area contributed by atoms with Crippen LogP contribution in [0.25, 0.3) is 12.2 Å². The third kappa shape index (κ3) is 3.18. The molecule has 0 amide bonds. The van der Waals surface area contributed by atoms with Crippen molar-refractivity contribution in [2.45, 2.75) is 0 Å². The van der Waals surface area contributed by atoms with E-state index in [4.69, 9.17) is 4.74 Å². The monoisotopic (exact) mass is 228 g/mol.